The van der Waals surface area contributed by atoms with Crippen LogP contribution in [0.2, 0.25) is 0 Å². The van der Waals surface area contributed by atoms with E-state index in [9.17, 15) is 19.2 Å². The Kier molecular flexibility index (Phi) is 5.61. The third-order valence-electron chi connectivity index (χ3n) is 6.59. The molecule has 5 rings (SSSR count). The largest absolute Gasteiger partial charge is 0.497 e. The number of amides is 3. The molecule has 2 heterocycles. The summed E-state index contributed by atoms with van der Waals surface area (Å²) >= 11 is 0. The number of imide groups is 1. The van der Waals surface area contributed by atoms with Gasteiger partial charge in [0.05, 0.1) is 29.8 Å². The zero-order chi connectivity index (χ0) is 23.8. The van der Waals surface area contributed by atoms with E-state index < -0.39 is 18.0 Å². The zero-order valence-electron chi connectivity index (χ0n) is 18.7. The average Bonchev–Trinajstić information content (AvgIpc) is 3.10. The number of nitrogens with one attached hydrogen (secondary N) is 1. The molecule has 1 saturated carbocycles. The summed E-state index contributed by atoms with van der Waals surface area (Å²) in [6, 6.07) is 13.8. The third kappa shape index (κ3) is 3.72. The molecule has 2 fully saturated rings. The number of rotatable bonds is 5. The van der Waals surface area contributed by atoms with Crippen LogP contribution < -0.4 is 15.7 Å². The molecule has 0 bridgehead atoms. The number of nitrogens with zero attached hydrogens (tertiary/aromatic N) is 3. The van der Waals surface area contributed by atoms with E-state index in [1.165, 1.54) is 0 Å². The summed E-state index contributed by atoms with van der Waals surface area (Å²) in [5.41, 5.74) is 3.18. The molecule has 1 aliphatic carbocycles. The number of ether oxygens (including phenoxy) is 1. The molecule has 2 aliphatic rings. The van der Waals surface area contributed by atoms with Crippen LogP contribution in [0.4, 0.5) is 0 Å². The fraction of sp³-hybridized carbons (Fsp3) is 0.320. The fourth-order valence-electron chi connectivity index (χ4n) is 4.86. The molecule has 3 aromatic rings. The van der Waals surface area contributed by atoms with Gasteiger partial charge in [-0.2, -0.15) is 4.68 Å². The lowest BCUT2D eigenvalue weighted by Crippen LogP contribution is -2.43. The smallest absolute Gasteiger partial charge is 0.280 e. The van der Waals surface area contributed by atoms with Crippen molar-refractivity contribution in [1.29, 1.82) is 0 Å². The highest BCUT2D eigenvalue weighted by atomic mass is 16.5. The third-order valence-corrected chi connectivity index (χ3v) is 6.59. The summed E-state index contributed by atoms with van der Waals surface area (Å²) in [5, 5.41) is 0.333. The molecule has 0 radical (unpaired) electrons. The van der Waals surface area contributed by atoms with Gasteiger partial charge in [-0.1, -0.05) is 25.0 Å². The highest BCUT2D eigenvalue weighted by Gasteiger charge is 2.48. The van der Waals surface area contributed by atoms with E-state index in [0.29, 0.717) is 35.1 Å². The molecule has 1 N–H and O–H groups in total. The van der Waals surface area contributed by atoms with Crippen molar-refractivity contribution in [3.8, 4) is 17.1 Å². The number of hydrogen-bond acceptors (Lipinski definition) is 6. The van der Waals surface area contributed by atoms with Gasteiger partial charge in [-0.05, 0) is 49.2 Å². The molecular formula is C25H24N4O5. The van der Waals surface area contributed by atoms with Crippen LogP contribution in [0.3, 0.4) is 0 Å². The monoisotopic (exact) mass is 460 g/mol. The predicted molar refractivity (Wildman–Crippen MR) is 125 cm³/mol. The molecule has 0 unspecified atom stereocenters. The first-order chi connectivity index (χ1) is 16.5. The van der Waals surface area contributed by atoms with Crippen molar-refractivity contribution in [3.63, 3.8) is 0 Å². The first-order valence-corrected chi connectivity index (χ1v) is 11.3. The second-order valence-corrected chi connectivity index (χ2v) is 8.62. The lowest BCUT2D eigenvalue weighted by molar-refractivity contribution is -0.142. The minimum absolute atomic E-state index is 0.229. The first-order valence-electron chi connectivity index (χ1n) is 11.3. The van der Waals surface area contributed by atoms with Crippen LogP contribution in [0, 0.1) is 11.8 Å². The van der Waals surface area contributed by atoms with E-state index in [1.54, 1.807) is 55.6 Å². The summed E-state index contributed by atoms with van der Waals surface area (Å²) in [4.78, 5) is 57.4. The Morgan fingerprint density at radius 2 is 1.65 bits per heavy atom. The first kappa shape index (κ1) is 21.8. The number of fused-ring (bicyclic) bond motifs is 2. The number of aromatic nitrogens is 2. The van der Waals surface area contributed by atoms with Gasteiger partial charge < -0.3 is 4.74 Å². The summed E-state index contributed by atoms with van der Waals surface area (Å²) in [6.45, 7) is -0.439. The molecular weight excluding hydrogens is 436 g/mol. The minimum atomic E-state index is -0.644. The summed E-state index contributed by atoms with van der Waals surface area (Å²) in [7, 11) is 1.55. The number of hydrogen-bond donors (Lipinski definition) is 1. The highest BCUT2D eigenvalue weighted by Crippen LogP contribution is 2.37. The van der Waals surface area contributed by atoms with Gasteiger partial charge in [-0.15, -0.1) is 0 Å². The average molecular weight is 460 g/mol. The van der Waals surface area contributed by atoms with Crippen molar-refractivity contribution in [2.45, 2.75) is 25.7 Å². The Labute approximate surface area is 195 Å². The summed E-state index contributed by atoms with van der Waals surface area (Å²) in [6.07, 6.45) is 3.15. The molecule has 1 aliphatic heterocycles. The molecule has 3 amide bonds. The lowest BCUT2D eigenvalue weighted by atomic mass is 9.81. The second kappa shape index (κ2) is 8.74. The minimum Gasteiger partial charge on any atom is -0.497 e. The Bertz CT molecular complexity index is 1320. The van der Waals surface area contributed by atoms with E-state index in [1.807, 2.05) is 0 Å². The van der Waals surface area contributed by atoms with Crippen LogP contribution in [0.15, 0.2) is 53.3 Å². The van der Waals surface area contributed by atoms with Gasteiger partial charge >= 0.3 is 0 Å². The quantitative estimate of drug-likeness (QED) is 0.585. The molecule has 2 aromatic carbocycles. The summed E-state index contributed by atoms with van der Waals surface area (Å²) < 4.78 is 6.27. The predicted octanol–water partition coefficient (Wildman–Crippen LogP) is 2.32. The van der Waals surface area contributed by atoms with Crippen molar-refractivity contribution >= 4 is 28.6 Å². The second-order valence-electron chi connectivity index (χ2n) is 8.62. The Morgan fingerprint density at radius 3 is 2.29 bits per heavy atom. The van der Waals surface area contributed by atoms with Gasteiger partial charge in [0.25, 0.3) is 11.5 Å². The molecule has 1 aromatic heterocycles. The van der Waals surface area contributed by atoms with Crippen molar-refractivity contribution in [1.82, 2.24) is 14.6 Å². The van der Waals surface area contributed by atoms with Crippen LogP contribution >= 0.6 is 0 Å². The maximum atomic E-state index is 13.3. The normalized spacial score (nSPS) is 19.9. The van der Waals surface area contributed by atoms with Gasteiger partial charge in [0, 0.05) is 5.56 Å². The van der Waals surface area contributed by atoms with E-state index in [0.717, 1.165) is 22.4 Å². The van der Waals surface area contributed by atoms with Gasteiger partial charge in [0.15, 0.2) is 5.82 Å². The molecule has 0 spiro atoms. The Hall–Kier alpha value is -4.01. The Morgan fingerprint density at radius 1 is 1.00 bits per heavy atom. The lowest BCUT2D eigenvalue weighted by Gasteiger charge is -2.19. The number of likely N-dealkylation sites (tertiary alicyclic amines) is 1. The number of carbonyl (C=O) groups excluding carboxylic acids is 3. The van der Waals surface area contributed by atoms with Gasteiger partial charge in [-0.3, -0.25) is 29.5 Å². The number of benzene rings is 2. The van der Waals surface area contributed by atoms with E-state index >= 15 is 0 Å². The van der Waals surface area contributed by atoms with Crippen LogP contribution in [0.25, 0.3) is 22.3 Å². The topological polar surface area (TPSA) is 111 Å². The highest BCUT2D eigenvalue weighted by molar-refractivity contribution is 6.08. The standard InChI is InChI=1S/C25H24N4O5/c1-34-16-12-10-15(11-13-16)22-26-20-9-5-4-8-19(20)25(33)29(22)27-21(30)14-28-23(31)17-6-2-3-7-18(17)24(28)32/h4-5,8-13,17-18H,2-3,6-7,14H2,1H3,(H,27,30)/t17-,18-/m1/s1. The fourth-order valence-corrected chi connectivity index (χ4v) is 4.86. The van der Waals surface area contributed by atoms with Crippen LogP contribution in [0.5, 0.6) is 5.75 Å². The number of methoxy groups -OCH3 is 1. The molecule has 174 valence electrons. The van der Waals surface area contributed by atoms with Crippen LogP contribution in [0.1, 0.15) is 25.7 Å². The molecule has 9 heteroatoms. The van der Waals surface area contributed by atoms with Crippen molar-refractivity contribution in [3.05, 3.63) is 58.9 Å². The maximum Gasteiger partial charge on any atom is 0.280 e. The van der Waals surface area contributed by atoms with E-state index in [4.69, 9.17) is 4.74 Å². The maximum absolute atomic E-state index is 13.3. The van der Waals surface area contributed by atoms with Crippen LogP contribution in [-0.4, -0.2) is 45.9 Å². The molecule has 1 saturated heterocycles. The van der Waals surface area contributed by atoms with Gasteiger partial charge in [0.2, 0.25) is 11.8 Å². The van der Waals surface area contributed by atoms with E-state index in [-0.39, 0.29) is 29.5 Å². The Balaban J connectivity index is 1.48. The summed E-state index contributed by atoms with van der Waals surface area (Å²) in [5.74, 6) is -1.06. The van der Waals surface area contributed by atoms with Crippen molar-refractivity contribution in [2.24, 2.45) is 11.8 Å². The van der Waals surface area contributed by atoms with Crippen LogP contribution in [-0.2, 0) is 14.4 Å². The number of carbonyl (C=O) groups is 3. The molecule has 34 heavy (non-hydrogen) atoms. The number of para-hydroxylation sites is 1. The molecule has 9 nitrogen and oxygen atoms in total. The molecule has 2 atom stereocenters. The van der Waals surface area contributed by atoms with E-state index in [2.05, 4.69) is 10.4 Å². The van der Waals surface area contributed by atoms with Gasteiger partial charge in [0.1, 0.15) is 12.3 Å². The SMILES string of the molecule is COc1ccc(-c2nc3ccccc3c(=O)n2NC(=O)CN2C(=O)[C@@H]3CCCC[C@H]3C2=O)cc1. The van der Waals surface area contributed by atoms with Gasteiger partial charge in [-0.25, -0.2) is 4.98 Å². The van der Waals surface area contributed by atoms with Crippen molar-refractivity contribution in [2.75, 3.05) is 19.1 Å². The van der Waals surface area contributed by atoms with Crippen molar-refractivity contribution < 1.29 is 19.1 Å². The zero-order valence-corrected chi connectivity index (χ0v) is 18.7.